The largest absolute Gasteiger partial charge is 0.462 e. The van der Waals surface area contributed by atoms with Crippen LogP contribution in [0.15, 0.2) is 0 Å². The average molecular weight is 230 g/mol. The zero-order valence-electron chi connectivity index (χ0n) is 9.90. The second kappa shape index (κ2) is 5.78. The molecule has 1 atom stereocenters. The number of carbonyl (C=O) groups is 1. The van der Waals surface area contributed by atoms with E-state index >= 15 is 0 Å². The van der Waals surface area contributed by atoms with Crippen LogP contribution in [0.3, 0.4) is 0 Å². The molecule has 15 heavy (non-hydrogen) atoms. The van der Waals surface area contributed by atoms with Gasteiger partial charge in [-0.25, -0.2) is 0 Å². The van der Waals surface area contributed by atoms with Crippen LogP contribution in [0.1, 0.15) is 46.5 Å². The number of esters is 1. The molecule has 0 aromatic carbocycles. The third-order valence-electron chi connectivity index (χ3n) is 3.12. The second-order valence-electron chi connectivity index (χ2n) is 5.01. The molecular formula is C12H22O2S. The van der Waals surface area contributed by atoms with Crippen molar-refractivity contribution in [3.8, 4) is 0 Å². The van der Waals surface area contributed by atoms with E-state index in [2.05, 4.69) is 19.6 Å². The Morgan fingerprint density at radius 2 is 1.80 bits per heavy atom. The Balaban J connectivity index is 2.32. The van der Waals surface area contributed by atoms with Crippen LogP contribution < -0.4 is 0 Å². The summed E-state index contributed by atoms with van der Waals surface area (Å²) in [5.41, 5.74) is 0. The minimum absolute atomic E-state index is 0.141. The minimum Gasteiger partial charge on any atom is -0.462 e. The highest BCUT2D eigenvalue weighted by Gasteiger charge is 2.25. The van der Waals surface area contributed by atoms with Gasteiger partial charge in [0.2, 0.25) is 0 Å². The van der Waals surface area contributed by atoms with Gasteiger partial charge in [0.1, 0.15) is 11.4 Å². The van der Waals surface area contributed by atoms with Crippen LogP contribution in [-0.2, 0) is 9.53 Å². The first-order valence-electron chi connectivity index (χ1n) is 5.89. The van der Waals surface area contributed by atoms with Gasteiger partial charge in [-0.1, -0.05) is 20.8 Å². The van der Waals surface area contributed by atoms with E-state index < -0.39 is 0 Å². The molecule has 0 amide bonds. The summed E-state index contributed by atoms with van der Waals surface area (Å²) >= 11 is 4.26. The summed E-state index contributed by atoms with van der Waals surface area (Å²) in [5, 5.41) is -0.274. The molecule has 1 unspecified atom stereocenters. The van der Waals surface area contributed by atoms with E-state index in [1.807, 2.05) is 13.8 Å². The summed E-state index contributed by atoms with van der Waals surface area (Å²) in [7, 11) is 0. The van der Waals surface area contributed by atoms with Crippen LogP contribution in [0.2, 0.25) is 0 Å². The minimum atomic E-state index is -0.274. The van der Waals surface area contributed by atoms with Crippen molar-refractivity contribution in [1.82, 2.24) is 0 Å². The van der Waals surface area contributed by atoms with Crippen molar-refractivity contribution in [2.75, 3.05) is 0 Å². The standard InChI is InChI=1S/C12H22O2S/c1-8(2)11(15)12(13)14-10-6-4-9(3)5-7-10/h8-11,15H,4-7H2,1-3H3. The quantitative estimate of drug-likeness (QED) is 0.596. The van der Waals surface area contributed by atoms with Gasteiger partial charge in [0, 0.05) is 0 Å². The Morgan fingerprint density at radius 3 is 2.27 bits per heavy atom. The monoisotopic (exact) mass is 230 g/mol. The van der Waals surface area contributed by atoms with Gasteiger partial charge in [-0.15, -0.1) is 0 Å². The van der Waals surface area contributed by atoms with Gasteiger partial charge in [0.05, 0.1) is 0 Å². The van der Waals surface area contributed by atoms with Gasteiger partial charge < -0.3 is 4.74 Å². The molecule has 1 rings (SSSR count). The number of hydrogen-bond acceptors (Lipinski definition) is 3. The van der Waals surface area contributed by atoms with E-state index in [4.69, 9.17) is 4.74 Å². The van der Waals surface area contributed by atoms with Crippen LogP contribution in [0.4, 0.5) is 0 Å². The van der Waals surface area contributed by atoms with E-state index in [0.29, 0.717) is 0 Å². The molecule has 0 aliphatic heterocycles. The SMILES string of the molecule is CC1CCC(OC(=O)C(S)C(C)C)CC1. The zero-order chi connectivity index (χ0) is 11.4. The van der Waals surface area contributed by atoms with Gasteiger partial charge >= 0.3 is 5.97 Å². The third-order valence-corrected chi connectivity index (χ3v) is 3.93. The lowest BCUT2D eigenvalue weighted by atomic mass is 9.89. The van der Waals surface area contributed by atoms with Crippen molar-refractivity contribution in [3.63, 3.8) is 0 Å². The number of rotatable bonds is 3. The normalized spacial score (nSPS) is 28.9. The van der Waals surface area contributed by atoms with Crippen LogP contribution in [0, 0.1) is 11.8 Å². The molecule has 2 nitrogen and oxygen atoms in total. The first kappa shape index (κ1) is 12.9. The Morgan fingerprint density at radius 1 is 1.27 bits per heavy atom. The predicted octanol–water partition coefficient (Wildman–Crippen LogP) is 3.06. The molecule has 0 aromatic rings. The van der Waals surface area contributed by atoms with E-state index in [0.717, 1.165) is 18.8 Å². The molecule has 0 heterocycles. The molecule has 3 heteroatoms. The number of ether oxygens (including phenoxy) is 1. The predicted molar refractivity (Wildman–Crippen MR) is 65.1 cm³/mol. The molecule has 0 radical (unpaired) electrons. The Kier molecular flexibility index (Phi) is 4.97. The summed E-state index contributed by atoms with van der Waals surface area (Å²) in [6, 6.07) is 0. The second-order valence-corrected chi connectivity index (χ2v) is 5.56. The molecular weight excluding hydrogens is 208 g/mol. The van der Waals surface area contributed by atoms with Gasteiger partial charge in [-0.3, -0.25) is 4.79 Å². The number of carbonyl (C=O) groups excluding carboxylic acids is 1. The van der Waals surface area contributed by atoms with Gasteiger partial charge in [0.15, 0.2) is 0 Å². The highest BCUT2D eigenvalue weighted by Crippen LogP contribution is 2.26. The molecule has 88 valence electrons. The van der Waals surface area contributed by atoms with Crippen molar-refractivity contribution in [2.24, 2.45) is 11.8 Å². The van der Waals surface area contributed by atoms with E-state index in [9.17, 15) is 4.79 Å². The molecule has 1 fully saturated rings. The summed E-state index contributed by atoms with van der Waals surface area (Å²) < 4.78 is 5.45. The summed E-state index contributed by atoms with van der Waals surface area (Å²) in [4.78, 5) is 11.6. The van der Waals surface area contributed by atoms with Crippen LogP contribution in [0.25, 0.3) is 0 Å². The Bertz CT molecular complexity index is 208. The van der Waals surface area contributed by atoms with E-state index in [1.165, 1.54) is 12.8 Å². The van der Waals surface area contributed by atoms with Crippen molar-refractivity contribution < 1.29 is 9.53 Å². The molecule has 1 aliphatic carbocycles. The Hall–Kier alpha value is -0.180. The fraction of sp³-hybridized carbons (Fsp3) is 0.917. The topological polar surface area (TPSA) is 26.3 Å². The molecule has 0 N–H and O–H groups in total. The maximum atomic E-state index is 11.6. The third kappa shape index (κ3) is 4.06. The van der Waals surface area contributed by atoms with Gasteiger partial charge in [-0.05, 0) is 37.5 Å². The van der Waals surface area contributed by atoms with Crippen molar-refractivity contribution >= 4 is 18.6 Å². The molecule has 1 aliphatic rings. The highest BCUT2D eigenvalue weighted by molar-refractivity contribution is 7.81. The molecule has 0 spiro atoms. The molecule has 0 saturated heterocycles. The molecule has 0 aromatic heterocycles. The van der Waals surface area contributed by atoms with Crippen LogP contribution >= 0.6 is 12.6 Å². The number of hydrogen-bond donors (Lipinski definition) is 1. The van der Waals surface area contributed by atoms with Crippen LogP contribution in [0.5, 0.6) is 0 Å². The van der Waals surface area contributed by atoms with Crippen molar-refractivity contribution in [2.45, 2.75) is 57.8 Å². The maximum Gasteiger partial charge on any atom is 0.319 e. The van der Waals surface area contributed by atoms with E-state index in [1.54, 1.807) is 0 Å². The lowest BCUT2D eigenvalue weighted by Crippen LogP contribution is -2.30. The zero-order valence-corrected chi connectivity index (χ0v) is 10.8. The average Bonchev–Trinajstić information content (AvgIpc) is 2.20. The fourth-order valence-electron chi connectivity index (χ4n) is 1.85. The molecule has 0 bridgehead atoms. The summed E-state index contributed by atoms with van der Waals surface area (Å²) in [6.07, 6.45) is 4.53. The first-order chi connectivity index (χ1) is 7.00. The van der Waals surface area contributed by atoms with Gasteiger partial charge in [-0.2, -0.15) is 12.6 Å². The van der Waals surface area contributed by atoms with E-state index in [-0.39, 0.29) is 23.2 Å². The fourth-order valence-corrected chi connectivity index (χ4v) is 1.91. The smallest absolute Gasteiger partial charge is 0.319 e. The first-order valence-corrected chi connectivity index (χ1v) is 6.41. The summed E-state index contributed by atoms with van der Waals surface area (Å²) in [5.74, 6) is 0.882. The van der Waals surface area contributed by atoms with Gasteiger partial charge in [0.25, 0.3) is 0 Å². The lowest BCUT2D eigenvalue weighted by Gasteiger charge is -2.27. The summed E-state index contributed by atoms with van der Waals surface area (Å²) in [6.45, 7) is 6.23. The lowest BCUT2D eigenvalue weighted by molar-refractivity contribution is -0.151. The highest BCUT2D eigenvalue weighted by atomic mass is 32.1. The van der Waals surface area contributed by atoms with Crippen molar-refractivity contribution in [3.05, 3.63) is 0 Å². The van der Waals surface area contributed by atoms with Crippen molar-refractivity contribution in [1.29, 1.82) is 0 Å². The molecule has 1 saturated carbocycles. The Labute approximate surface area is 98.2 Å². The maximum absolute atomic E-state index is 11.6. The number of thiol groups is 1. The van der Waals surface area contributed by atoms with Crippen LogP contribution in [-0.4, -0.2) is 17.3 Å².